The summed E-state index contributed by atoms with van der Waals surface area (Å²) in [6, 6.07) is 11.0. The predicted molar refractivity (Wildman–Crippen MR) is 110 cm³/mol. The Morgan fingerprint density at radius 3 is 2.69 bits per heavy atom. The average molecular weight is 395 g/mol. The molecule has 2 fully saturated rings. The second kappa shape index (κ2) is 8.08. The lowest BCUT2D eigenvalue weighted by atomic mass is 9.97. The second-order valence-corrected chi connectivity index (χ2v) is 7.96. The summed E-state index contributed by atoms with van der Waals surface area (Å²) in [5, 5.41) is 4.82. The van der Waals surface area contributed by atoms with E-state index in [2.05, 4.69) is 28.1 Å². The standard InChI is InChI=1S/C22H26FN5O/c23-19-5-3-17(4-6-19)14-26-9-1-2-18(15-26)22-24-21-8-7-20(16-28(21)25-22)27-10-12-29-13-11-27/h3-8,16,18H,1-2,9-15H2. The van der Waals surface area contributed by atoms with Crippen LogP contribution < -0.4 is 4.90 Å². The SMILES string of the molecule is Fc1ccc(CN2CCCC(c3nc4ccc(N5CCOCC5)cn4n3)C2)cc1. The summed E-state index contributed by atoms with van der Waals surface area (Å²) >= 11 is 0. The van der Waals surface area contributed by atoms with Crippen LogP contribution in [-0.4, -0.2) is 58.9 Å². The molecule has 0 bridgehead atoms. The molecule has 0 amide bonds. The fourth-order valence-corrected chi connectivity index (χ4v) is 4.33. The maximum absolute atomic E-state index is 13.2. The van der Waals surface area contributed by atoms with Gasteiger partial charge in [-0.25, -0.2) is 13.9 Å². The third-order valence-corrected chi connectivity index (χ3v) is 5.90. The van der Waals surface area contributed by atoms with Crippen LogP contribution in [0.5, 0.6) is 0 Å². The first-order valence-electron chi connectivity index (χ1n) is 10.4. The minimum Gasteiger partial charge on any atom is -0.378 e. The number of piperidine rings is 1. The van der Waals surface area contributed by atoms with E-state index in [9.17, 15) is 4.39 Å². The highest BCUT2D eigenvalue weighted by Gasteiger charge is 2.25. The van der Waals surface area contributed by atoms with Crippen molar-refractivity contribution in [1.82, 2.24) is 19.5 Å². The van der Waals surface area contributed by atoms with Crippen molar-refractivity contribution in [2.24, 2.45) is 0 Å². The highest BCUT2D eigenvalue weighted by molar-refractivity contribution is 5.51. The number of hydrogen-bond acceptors (Lipinski definition) is 5. The number of fused-ring (bicyclic) bond motifs is 1. The van der Waals surface area contributed by atoms with Gasteiger partial charge in [0, 0.05) is 32.1 Å². The van der Waals surface area contributed by atoms with Crippen LogP contribution in [0.1, 0.15) is 30.1 Å². The molecule has 7 heteroatoms. The molecule has 0 aliphatic carbocycles. The second-order valence-electron chi connectivity index (χ2n) is 7.96. The van der Waals surface area contributed by atoms with E-state index < -0.39 is 0 Å². The van der Waals surface area contributed by atoms with E-state index in [4.69, 9.17) is 14.8 Å². The molecule has 6 nitrogen and oxygen atoms in total. The summed E-state index contributed by atoms with van der Waals surface area (Å²) in [5.74, 6) is 1.07. The van der Waals surface area contributed by atoms with Gasteiger partial charge in [0.05, 0.1) is 25.1 Å². The highest BCUT2D eigenvalue weighted by atomic mass is 19.1. The Kier molecular flexibility index (Phi) is 5.16. The summed E-state index contributed by atoms with van der Waals surface area (Å²) < 4.78 is 20.5. The van der Waals surface area contributed by atoms with Gasteiger partial charge in [-0.1, -0.05) is 12.1 Å². The number of hydrogen-bond donors (Lipinski definition) is 0. The van der Waals surface area contributed by atoms with Gasteiger partial charge in [0.15, 0.2) is 11.5 Å². The van der Waals surface area contributed by atoms with Crippen LogP contribution in [0, 0.1) is 5.82 Å². The van der Waals surface area contributed by atoms with Gasteiger partial charge < -0.3 is 9.64 Å². The minimum atomic E-state index is -0.185. The molecule has 29 heavy (non-hydrogen) atoms. The lowest BCUT2D eigenvalue weighted by Gasteiger charge is -2.31. The Morgan fingerprint density at radius 1 is 1.03 bits per heavy atom. The average Bonchev–Trinajstić information content (AvgIpc) is 3.20. The van der Waals surface area contributed by atoms with E-state index in [1.54, 1.807) is 0 Å². The van der Waals surface area contributed by atoms with Crippen LogP contribution in [0.3, 0.4) is 0 Å². The summed E-state index contributed by atoms with van der Waals surface area (Å²) in [6.45, 7) is 6.19. The van der Waals surface area contributed by atoms with Crippen molar-refractivity contribution in [3.63, 3.8) is 0 Å². The topological polar surface area (TPSA) is 45.9 Å². The molecule has 2 aliphatic heterocycles. The molecule has 1 unspecified atom stereocenters. The van der Waals surface area contributed by atoms with Crippen LogP contribution >= 0.6 is 0 Å². The molecule has 152 valence electrons. The molecule has 1 atom stereocenters. The van der Waals surface area contributed by atoms with Crippen LogP contribution in [-0.2, 0) is 11.3 Å². The van der Waals surface area contributed by atoms with Crippen molar-refractivity contribution < 1.29 is 9.13 Å². The summed E-state index contributed by atoms with van der Waals surface area (Å²) in [7, 11) is 0. The van der Waals surface area contributed by atoms with Gasteiger partial charge in [0.1, 0.15) is 5.82 Å². The number of aromatic nitrogens is 3. The quantitative estimate of drug-likeness (QED) is 0.679. The number of ether oxygens (including phenoxy) is 1. The van der Waals surface area contributed by atoms with E-state index in [-0.39, 0.29) is 5.82 Å². The van der Waals surface area contributed by atoms with Crippen molar-refractivity contribution in [3.8, 4) is 0 Å². The predicted octanol–water partition coefficient (Wildman–Crippen LogP) is 3.08. The largest absolute Gasteiger partial charge is 0.378 e. The van der Waals surface area contributed by atoms with E-state index in [1.807, 2.05) is 16.6 Å². The molecule has 4 heterocycles. The van der Waals surface area contributed by atoms with Gasteiger partial charge in [-0.3, -0.25) is 4.90 Å². The molecular formula is C22H26FN5O. The Morgan fingerprint density at radius 2 is 1.86 bits per heavy atom. The first kappa shape index (κ1) is 18.5. The monoisotopic (exact) mass is 395 g/mol. The van der Waals surface area contributed by atoms with Crippen molar-refractivity contribution in [2.45, 2.75) is 25.3 Å². The molecule has 2 aromatic heterocycles. The first-order valence-corrected chi connectivity index (χ1v) is 10.4. The molecule has 2 saturated heterocycles. The molecule has 3 aromatic rings. The third-order valence-electron chi connectivity index (χ3n) is 5.90. The number of halogens is 1. The number of likely N-dealkylation sites (tertiary alicyclic amines) is 1. The fraction of sp³-hybridized carbons (Fsp3) is 0.455. The van der Waals surface area contributed by atoms with Crippen molar-refractivity contribution >= 4 is 11.3 Å². The minimum absolute atomic E-state index is 0.185. The zero-order chi connectivity index (χ0) is 19.6. The fourth-order valence-electron chi connectivity index (χ4n) is 4.33. The number of rotatable bonds is 4. The van der Waals surface area contributed by atoms with E-state index in [0.717, 1.165) is 75.8 Å². The molecule has 0 N–H and O–H groups in total. The van der Waals surface area contributed by atoms with Crippen molar-refractivity contribution in [2.75, 3.05) is 44.3 Å². The number of benzene rings is 1. The zero-order valence-corrected chi connectivity index (χ0v) is 16.5. The third kappa shape index (κ3) is 4.11. The lowest BCUT2D eigenvalue weighted by Crippen LogP contribution is -2.36. The summed E-state index contributed by atoms with van der Waals surface area (Å²) in [4.78, 5) is 9.56. The van der Waals surface area contributed by atoms with Crippen LogP contribution in [0.25, 0.3) is 5.65 Å². The maximum atomic E-state index is 13.2. The van der Waals surface area contributed by atoms with Gasteiger partial charge in [-0.15, -0.1) is 0 Å². The number of morpholine rings is 1. The number of nitrogens with zero attached hydrogens (tertiary/aromatic N) is 5. The van der Waals surface area contributed by atoms with Gasteiger partial charge in [0.2, 0.25) is 0 Å². The Balaban J connectivity index is 1.30. The maximum Gasteiger partial charge on any atom is 0.156 e. The highest BCUT2D eigenvalue weighted by Crippen LogP contribution is 2.27. The molecule has 0 radical (unpaired) electrons. The Hall–Kier alpha value is -2.51. The number of pyridine rings is 1. The molecule has 0 saturated carbocycles. The molecule has 0 spiro atoms. The van der Waals surface area contributed by atoms with Crippen molar-refractivity contribution in [1.29, 1.82) is 0 Å². The van der Waals surface area contributed by atoms with Gasteiger partial charge in [0.25, 0.3) is 0 Å². The zero-order valence-electron chi connectivity index (χ0n) is 16.5. The van der Waals surface area contributed by atoms with Gasteiger partial charge in [-0.05, 0) is 49.2 Å². The van der Waals surface area contributed by atoms with Gasteiger partial charge in [-0.2, -0.15) is 5.10 Å². The Bertz CT molecular complexity index is 967. The molecule has 2 aliphatic rings. The lowest BCUT2D eigenvalue weighted by molar-refractivity contribution is 0.122. The normalized spacial score (nSPS) is 21.0. The Labute approximate surface area is 169 Å². The molecule has 5 rings (SSSR count). The van der Waals surface area contributed by atoms with Crippen molar-refractivity contribution in [3.05, 3.63) is 59.8 Å². The van der Waals surface area contributed by atoms with E-state index in [0.29, 0.717) is 5.92 Å². The number of anilines is 1. The first-order chi connectivity index (χ1) is 14.2. The molecule has 1 aromatic carbocycles. The van der Waals surface area contributed by atoms with Gasteiger partial charge >= 0.3 is 0 Å². The molecular weight excluding hydrogens is 369 g/mol. The van der Waals surface area contributed by atoms with E-state index in [1.165, 1.54) is 17.8 Å². The summed E-state index contributed by atoms with van der Waals surface area (Å²) in [5.41, 5.74) is 3.21. The smallest absolute Gasteiger partial charge is 0.156 e. The van der Waals surface area contributed by atoms with Crippen LogP contribution in [0.4, 0.5) is 10.1 Å². The van der Waals surface area contributed by atoms with Crippen LogP contribution in [0.15, 0.2) is 42.6 Å². The summed E-state index contributed by atoms with van der Waals surface area (Å²) in [6.07, 6.45) is 4.31. The van der Waals surface area contributed by atoms with E-state index >= 15 is 0 Å². The van der Waals surface area contributed by atoms with Crippen LogP contribution in [0.2, 0.25) is 0 Å².